The summed E-state index contributed by atoms with van der Waals surface area (Å²) >= 11 is 0. The van der Waals surface area contributed by atoms with Crippen LogP contribution in [0.15, 0.2) is 5.57 Å². The first-order valence-electron chi connectivity index (χ1n) is 12.3. The number of ether oxygens (including phenoxy) is 1. The Labute approximate surface area is 175 Å². The van der Waals surface area contributed by atoms with Crippen molar-refractivity contribution in [3.8, 4) is 0 Å². The predicted octanol–water partition coefficient (Wildman–Crippen LogP) is 6.48. The first-order chi connectivity index (χ1) is 13.6. The topological polar surface area (TPSA) is 26.3 Å². The van der Waals surface area contributed by atoms with Crippen molar-refractivity contribution in [2.45, 2.75) is 116 Å². The van der Waals surface area contributed by atoms with Crippen LogP contribution in [0.5, 0.6) is 0 Å². The van der Waals surface area contributed by atoms with Gasteiger partial charge in [0.25, 0.3) is 0 Å². The molecule has 0 saturated heterocycles. The van der Waals surface area contributed by atoms with Crippen molar-refractivity contribution in [1.29, 1.82) is 0 Å². The zero-order valence-electron chi connectivity index (χ0n) is 19.3. The van der Waals surface area contributed by atoms with E-state index >= 15 is 0 Å². The highest BCUT2D eigenvalue weighted by Gasteiger charge is 2.22. The zero-order chi connectivity index (χ0) is 20.5. The van der Waals surface area contributed by atoms with E-state index in [0.29, 0.717) is 0 Å². The molecule has 0 aromatic rings. The average molecular weight is 395 g/mol. The molecule has 0 aromatic carbocycles. The fourth-order valence-electron chi connectivity index (χ4n) is 4.22. The summed E-state index contributed by atoms with van der Waals surface area (Å²) in [6, 6.07) is 0. The molecule has 0 amide bonds. The maximum Gasteiger partial charge on any atom is 0.126 e. The number of nitrogens with zero attached hydrogens (tertiary/aromatic N) is 1. The molecule has 0 bridgehead atoms. The Kier molecular flexibility index (Phi) is 14.7. The van der Waals surface area contributed by atoms with Crippen LogP contribution in [0, 0.1) is 0 Å². The first kappa shape index (κ1) is 25.4. The van der Waals surface area contributed by atoms with Gasteiger partial charge in [0, 0.05) is 5.57 Å². The summed E-state index contributed by atoms with van der Waals surface area (Å²) in [7, 11) is 4.61. The van der Waals surface area contributed by atoms with E-state index < -0.39 is 0 Å². The molecule has 28 heavy (non-hydrogen) atoms. The van der Waals surface area contributed by atoms with E-state index in [4.69, 9.17) is 4.74 Å². The van der Waals surface area contributed by atoms with Gasteiger partial charge in [-0.15, -0.1) is 0 Å². The van der Waals surface area contributed by atoms with Gasteiger partial charge < -0.3 is 9.22 Å². The molecule has 0 radical (unpaired) electrons. The van der Waals surface area contributed by atoms with Crippen molar-refractivity contribution in [2.75, 3.05) is 33.8 Å². The molecule has 1 unspecified atom stereocenters. The molecule has 0 aliphatic heterocycles. The lowest BCUT2D eigenvalue weighted by Crippen LogP contribution is -2.43. The minimum Gasteiger partial charge on any atom is -0.367 e. The molecule has 1 aliphatic carbocycles. The molecule has 1 fully saturated rings. The third-order valence-corrected chi connectivity index (χ3v) is 6.31. The molecule has 1 rings (SSSR count). The summed E-state index contributed by atoms with van der Waals surface area (Å²) in [6.45, 7) is 5.29. The van der Waals surface area contributed by atoms with E-state index in [0.717, 1.165) is 42.5 Å². The van der Waals surface area contributed by atoms with Gasteiger partial charge in [-0.3, -0.25) is 0 Å². The van der Waals surface area contributed by atoms with Gasteiger partial charge in [-0.1, -0.05) is 77.6 Å². The molecule has 3 nitrogen and oxygen atoms in total. The fraction of sp³-hybridized carbons (Fsp3) is 0.920. The molecule has 0 N–H and O–H groups in total. The van der Waals surface area contributed by atoms with Crippen molar-refractivity contribution in [3.63, 3.8) is 0 Å². The van der Waals surface area contributed by atoms with Crippen LogP contribution in [0.2, 0.25) is 0 Å². The molecular weight excluding hydrogens is 346 g/mol. The molecule has 1 saturated carbocycles. The van der Waals surface area contributed by atoms with Crippen molar-refractivity contribution < 1.29 is 14.0 Å². The van der Waals surface area contributed by atoms with E-state index in [1.165, 1.54) is 90.0 Å². The average Bonchev–Trinajstić information content (AvgIpc) is 2.69. The highest BCUT2D eigenvalue weighted by molar-refractivity contribution is 5.54. The second-order valence-corrected chi connectivity index (χ2v) is 9.50. The van der Waals surface area contributed by atoms with Crippen molar-refractivity contribution in [1.82, 2.24) is 0 Å². The van der Waals surface area contributed by atoms with Crippen LogP contribution in [-0.4, -0.2) is 50.3 Å². The van der Waals surface area contributed by atoms with Crippen molar-refractivity contribution >= 4 is 5.94 Å². The Morgan fingerprint density at radius 3 is 2.00 bits per heavy atom. The lowest BCUT2D eigenvalue weighted by molar-refractivity contribution is -0.891. The Hall–Kier alpha value is -0.630. The minimum absolute atomic E-state index is 0.0397. The number of unbranched alkanes of at least 4 members (excludes halogenated alkanes) is 11. The molecule has 0 aromatic heterocycles. The summed E-state index contributed by atoms with van der Waals surface area (Å²) in [5.41, 5.74) is 0.859. The molecule has 0 heterocycles. The number of hydrogen-bond acceptors (Lipinski definition) is 2. The monoisotopic (exact) mass is 394 g/mol. The van der Waals surface area contributed by atoms with Crippen molar-refractivity contribution in [3.05, 3.63) is 5.57 Å². The normalized spacial score (nSPS) is 17.7. The molecule has 1 aliphatic rings. The van der Waals surface area contributed by atoms with Gasteiger partial charge >= 0.3 is 0 Å². The van der Waals surface area contributed by atoms with Crippen LogP contribution < -0.4 is 0 Å². The van der Waals surface area contributed by atoms with Crippen LogP contribution in [0.1, 0.15) is 110 Å². The van der Waals surface area contributed by atoms with Gasteiger partial charge in [0.1, 0.15) is 12.5 Å². The van der Waals surface area contributed by atoms with Gasteiger partial charge in [0.2, 0.25) is 0 Å². The molecule has 1 atom stereocenters. The number of likely N-dealkylation sites (N-methyl/N-ethyl adjacent to an activating group) is 1. The van der Waals surface area contributed by atoms with Crippen LogP contribution in [0.4, 0.5) is 0 Å². The largest absolute Gasteiger partial charge is 0.367 e. The number of carbonyl (C=O) groups excluding carboxylic acids is 1. The molecule has 0 spiro atoms. The van der Waals surface area contributed by atoms with Gasteiger partial charge in [-0.2, -0.15) is 0 Å². The summed E-state index contributed by atoms with van der Waals surface area (Å²) < 4.78 is 7.04. The van der Waals surface area contributed by atoms with E-state index in [2.05, 4.69) is 27.0 Å². The maximum atomic E-state index is 11.0. The van der Waals surface area contributed by atoms with E-state index in [1.54, 1.807) is 0 Å². The fourth-order valence-corrected chi connectivity index (χ4v) is 4.22. The predicted molar refractivity (Wildman–Crippen MR) is 120 cm³/mol. The Morgan fingerprint density at radius 1 is 0.857 bits per heavy atom. The standard InChI is InChI=1S/C25H48NO2/c1-4-5-6-7-8-9-10-11-12-13-14-17-20-26(2,3)21-22-28-25-19-16-15-18-24(25)23-27/h25H,4-22H2,1-3H3/q+1. The summed E-state index contributed by atoms with van der Waals surface area (Å²) in [5, 5.41) is 0. The third kappa shape index (κ3) is 12.8. The number of hydrogen-bond donors (Lipinski definition) is 0. The van der Waals surface area contributed by atoms with Crippen LogP contribution in [0.3, 0.4) is 0 Å². The Morgan fingerprint density at radius 2 is 1.43 bits per heavy atom. The quantitative estimate of drug-likeness (QED) is 0.160. The highest BCUT2D eigenvalue weighted by atomic mass is 16.5. The Bertz CT molecular complexity index is 426. The summed E-state index contributed by atoms with van der Waals surface area (Å²) in [5.74, 6) is 2.12. The second-order valence-electron chi connectivity index (χ2n) is 9.50. The molecule has 164 valence electrons. The Balaban J connectivity index is 1.95. The van der Waals surface area contributed by atoms with Crippen molar-refractivity contribution in [2.24, 2.45) is 0 Å². The summed E-state index contributed by atoms with van der Waals surface area (Å²) in [4.78, 5) is 11.0. The van der Waals surface area contributed by atoms with Gasteiger partial charge in [0.05, 0.1) is 33.4 Å². The zero-order valence-corrected chi connectivity index (χ0v) is 19.3. The van der Waals surface area contributed by atoms with E-state index in [9.17, 15) is 4.79 Å². The number of quaternary nitrogens is 1. The van der Waals surface area contributed by atoms with Crippen LogP contribution in [-0.2, 0) is 9.53 Å². The minimum atomic E-state index is 0.0397. The number of rotatable bonds is 17. The van der Waals surface area contributed by atoms with Gasteiger partial charge in [0.15, 0.2) is 0 Å². The maximum absolute atomic E-state index is 11.0. The molecular formula is C25H48NO2+. The van der Waals surface area contributed by atoms with E-state index in [-0.39, 0.29) is 6.10 Å². The smallest absolute Gasteiger partial charge is 0.126 e. The van der Waals surface area contributed by atoms with E-state index in [1.807, 2.05) is 0 Å². The van der Waals surface area contributed by atoms with Gasteiger partial charge in [-0.05, 0) is 32.1 Å². The van der Waals surface area contributed by atoms with Crippen LogP contribution >= 0.6 is 0 Å². The first-order valence-corrected chi connectivity index (χ1v) is 12.3. The highest BCUT2D eigenvalue weighted by Crippen LogP contribution is 2.24. The SMILES string of the molecule is CCCCCCCCCCCCCC[N+](C)(C)CCOC1CCCCC1=C=O. The summed E-state index contributed by atoms with van der Waals surface area (Å²) in [6.07, 6.45) is 21.1. The third-order valence-electron chi connectivity index (χ3n) is 6.31. The van der Waals surface area contributed by atoms with Gasteiger partial charge in [-0.25, -0.2) is 4.79 Å². The molecule has 3 heteroatoms. The second kappa shape index (κ2) is 16.2. The van der Waals surface area contributed by atoms with Crippen LogP contribution in [0.25, 0.3) is 0 Å². The lowest BCUT2D eigenvalue weighted by Gasteiger charge is -2.31. The lowest BCUT2D eigenvalue weighted by atomic mass is 9.93.